The molecule has 0 aromatic heterocycles. The van der Waals surface area contributed by atoms with Crippen LogP contribution < -0.4 is 26.1 Å². The Labute approximate surface area is 171 Å². The first-order valence-electron chi connectivity index (χ1n) is 10.0. The third kappa shape index (κ3) is 5.28. The van der Waals surface area contributed by atoms with Crippen molar-refractivity contribution >= 4 is 5.69 Å². The lowest BCUT2D eigenvalue weighted by atomic mass is 10.0. The number of ether oxygens (including phenoxy) is 2. The number of hydrogen-bond acceptors (Lipinski definition) is 5. The van der Waals surface area contributed by atoms with E-state index in [2.05, 4.69) is 47.2 Å². The fraction of sp³-hybridized carbons (Fsp3) is 0.250. The second kappa shape index (κ2) is 9.45. The lowest BCUT2D eigenvalue weighted by Gasteiger charge is -2.16. The molecule has 1 heterocycles. The summed E-state index contributed by atoms with van der Waals surface area (Å²) in [6.45, 7) is 1.25. The van der Waals surface area contributed by atoms with Crippen LogP contribution in [0.15, 0.2) is 78.9 Å². The van der Waals surface area contributed by atoms with E-state index in [1.54, 1.807) is 0 Å². The summed E-state index contributed by atoms with van der Waals surface area (Å²) in [5.41, 5.74) is 15.6. The van der Waals surface area contributed by atoms with Gasteiger partial charge in [-0.15, -0.1) is 0 Å². The molecule has 0 spiro atoms. The van der Waals surface area contributed by atoms with E-state index in [1.807, 2.05) is 42.5 Å². The molecule has 4 N–H and O–H groups in total. The molecule has 0 saturated carbocycles. The number of nitrogens with one attached hydrogen (secondary N) is 2. The van der Waals surface area contributed by atoms with Crippen LogP contribution in [0.3, 0.4) is 0 Å². The van der Waals surface area contributed by atoms with Crippen molar-refractivity contribution in [1.82, 2.24) is 10.9 Å². The molecule has 1 aliphatic rings. The van der Waals surface area contributed by atoms with Gasteiger partial charge in [-0.2, -0.15) is 0 Å². The summed E-state index contributed by atoms with van der Waals surface area (Å²) in [7, 11) is 0. The zero-order chi connectivity index (χ0) is 19.9. The van der Waals surface area contributed by atoms with Gasteiger partial charge < -0.3 is 15.2 Å². The average Bonchev–Trinajstić information content (AvgIpc) is 3.23. The van der Waals surface area contributed by atoms with E-state index >= 15 is 0 Å². The molecule has 3 aromatic rings. The number of benzene rings is 3. The monoisotopic (exact) mass is 389 g/mol. The topological polar surface area (TPSA) is 68.5 Å². The first kappa shape index (κ1) is 19.3. The first-order chi connectivity index (χ1) is 14.3. The van der Waals surface area contributed by atoms with Crippen LogP contribution in [0.25, 0.3) is 0 Å². The van der Waals surface area contributed by atoms with Crippen LogP contribution in [0.5, 0.6) is 11.5 Å². The Morgan fingerprint density at radius 2 is 1.59 bits per heavy atom. The Kier molecular flexibility index (Phi) is 6.29. The van der Waals surface area contributed by atoms with Crippen molar-refractivity contribution in [1.29, 1.82) is 0 Å². The molecular formula is C24H27N3O2. The van der Waals surface area contributed by atoms with E-state index in [1.165, 1.54) is 11.1 Å². The van der Waals surface area contributed by atoms with Crippen molar-refractivity contribution in [3.05, 3.63) is 90.0 Å². The zero-order valence-corrected chi connectivity index (χ0v) is 16.4. The van der Waals surface area contributed by atoms with Crippen LogP contribution in [0.2, 0.25) is 0 Å². The van der Waals surface area contributed by atoms with Crippen molar-refractivity contribution in [3.8, 4) is 11.5 Å². The van der Waals surface area contributed by atoms with Crippen molar-refractivity contribution in [2.24, 2.45) is 0 Å². The molecule has 1 aliphatic heterocycles. The van der Waals surface area contributed by atoms with Gasteiger partial charge in [0.1, 0.15) is 18.1 Å². The van der Waals surface area contributed by atoms with Gasteiger partial charge in [0.05, 0.1) is 18.7 Å². The predicted molar refractivity (Wildman–Crippen MR) is 116 cm³/mol. The minimum Gasteiger partial charge on any atom is -0.493 e. The molecule has 0 aliphatic carbocycles. The van der Waals surface area contributed by atoms with Gasteiger partial charge in [0, 0.05) is 17.7 Å². The molecular weight excluding hydrogens is 362 g/mol. The quantitative estimate of drug-likeness (QED) is 0.510. The molecule has 2 unspecified atom stereocenters. The number of rotatable bonds is 8. The highest BCUT2D eigenvalue weighted by molar-refractivity contribution is 5.41. The highest BCUT2D eigenvalue weighted by Crippen LogP contribution is 2.30. The summed E-state index contributed by atoms with van der Waals surface area (Å²) in [5, 5.41) is 0. The van der Waals surface area contributed by atoms with Crippen molar-refractivity contribution in [2.45, 2.75) is 24.9 Å². The summed E-state index contributed by atoms with van der Waals surface area (Å²) in [6.07, 6.45) is 1.82. The van der Waals surface area contributed by atoms with E-state index in [0.717, 1.165) is 30.0 Å². The summed E-state index contributed by atoms with van der Waals surface area (Å²) < 4.78 is 12.0. The average molecular weight is 389 g/mol. The molecule has 5 nitrogen and oxygen atoms in total. The molecule has 1 fully saturated rings. The third-order valence-corrected chi connectivity index (χ3v) is 5.10. The van der Waals surface area contributed by atoms with Gasteiger partial charge in [0.25, 0.3) is 0 Å². The Balaban J connectivity index is 1.31. The number of nitrogen functional groups attached to an aromatic ring is 1. The number of nitrogens with two attached hydrogens (primary N) is 1. The van der Waals surface area contributed by atoms with Crippen LogP contribution in [-0.2, 0) is 6.42 Å². The molecule has 0 radical (unpaired) electrons. The Morgan fingerprint density at radius 3 is 2.41 bits per heavy atom. The minimum atomic E-state index is 0.183. The summed E-state index contributed by atoms with van der Waals surface area (Å²) >= 11 is 0. The Bertz CT molecular complexity index is 900. The molecule has 0 bridgehead atoms. The molecule has 1 saturated heterocycles. The molecule has 0 amide bonds. The fourth-order valence-electron chi connectivity index (χ4n) is 3.52. The zero-order valence-electron chi connectivity index (χ0n) is 16.4. The van der Waals surface area contributed by atoms with E-state index in [4.69, 9.17) is 15.2 Å². The standard InChI is InChI=1S/C24H27N3O2/c25-19-10-12-21(13-11-19)29-17-20-16-23(27-26-20)22-8-4-5-9-24(22)28-15-14-18-6-2-1-3-7-18/h1-13,20,23,26-27H,14-17,25H2. The van der Waals surface area contributed by atoms with Gasteiger partial charge in [-0.25, -0.2) is 5.43 Å². The normalized spacial score (nSPS) is 18.5. The molecule has 5 heteroatoms. The van der Waals surface area contributed by atoms with Gasteiger partial charge in [0.2, 0.25) is 0 Å². The van der Waals surface area contributed by atoms with Crippen LogP contribution in [0.4, 0.5) is 5.69 Å². The number of anilines is 1. The van der Waals surface area contributed by atoms with E-state index in [9.17, 15) is 0 Å². The van der Waals surface area contributed by atoms with Crippen LogP contribution in [0, 0.1) is 0 Å². The lowest BCUT2D eigenvalue weighted by molar-refractivity contribution is 0.272. The highest BCUT2D eigenvalue weighted by atomic mass is 16.5. The van der Waals surface area contributed by atoms with E-state index in [-0.39, 0.29) is 12.1 Å². The first-order valence-corrected chi connectivity index (χ1v) is 10.0. The smallest absolute Gasteiger partial charge is 0.124 e. The molecule has 150 valence electrons. The van der Waals surface area contributed by atoms with Gasteiger partial charge in [0.15, 0.2) is 0 Å². The van der Waals surface area contributed by atoms with Gasteiger partial charge in [-0.1, -0.05) is 48.5 Å². The summed E-state index contributed by atoms with van der Waals surface area (Å²) in [6, 6.07) is 26.5. The lowest BCUT2D eigenvalue weighted by Crippen LogP contribution is -2.34. The van der Waals surface area contributed by atoms with Gasteiger partial charge in [-0.3, -0.25) is 5.43 Å². The molecule has 4 rings (SSSR count). The highest BCUT2D eigenvalue weighted by Gasteiger charge is 2.27. The third-order valence-electron chi connectivity index (χ3n) is 5.10. The minimum absolute atomic E-state index is 0.183. The number of hydrogen-bond donors (Lipinski definition) is 3. The summed E-state index contributed by atoms with van der Waals surface area (Å²) in [5.74, 6) is 1.76. The van der Waals surface area contributed by atoms with Crippen LogP contribution in [0.1, 0.15) is 23.6 Å². The molecule has 3 aromatic carbocycles. The predicted octanol–water partition coefficient (Wildman–Crippen LogP) is 3.88. The van der Waals surface area contributed by atoms with Crippen molar-refractivity contribution < 1.29 is 9.47 Å². The second-order valence-electron chi connectivity index (χ2n) is 7.28. The van der Waals surface area contributed by atoms with Crippen LogP contribution in [-0.4, -0.2) is 19.3 Å². The number of hydrazine groups is 1. The SMILES string of the molecule is Nc1ccc(OCC2CC(c3ccccc3OCCc3ccccc3)NN2)cc1. The van der Waals surface area contributed by atoms with Crippen molar-refractivity contribution in [3.63, 3.8) is 0 Å². The Hall–Kier alpha value is -3.02. The number of para-hydroxylation sites is 1. The molecule has 2 atom stereocenters. The van der Waals surface area contributed by atoms with Gasteiger partial charge >= 0.3 is 0 Å². The van der Waals surface area contributed by atoms with Crippen LogP contribution >= 0.6 is 0 Å². The molecule has 29 heavy (non-hydrogen) atoms. The van der Waals surface area contributed by atoms with E-state index in [0.29, 0.717) is 13.2 Å². The summed E-state index contributed by atoms with van der Waals surface area (Å²) in [4.78, 5) is 0. The largest absolute Gasteiger partial charge is 0.493 e. The van der Waals surface area contributed by atoms with Crippen molar-refractivity contribution in [2.75, 3.05) is 18.9 Å². The maximum atomic E-state index is 6.12. The maximum absolute atomic E-state index is 6.12. The second-order valence-corrected chi connectivity index (χ2v) is 7.28. The maximum Gasteiger partial charge on any atom is 0.124 e. The van der Waals surface area contributed by atoms with E-state index < -0.39 is 0 Å². The fourth-order valence-corrected chi connectivity index (χ4v) is 3.52. The van der Waals surface area contributed by atoms with Gasteiger partial charge in [-0.05, 0) is 42.3 Å². The Morgan fingerprint density at radius 1 is 0.828 bits per heavy atom.